The Bertz CT molecular complexity index is 401. The number of carbonyl (C=O) groups is 1. The molecule has 1 aromatic heterocycles. The Hall–Kier alpha value is -1.40. The first-order valence-electron chi connectivity index (χ1n) is 6.07. The number of carbonyl (C=O) groups excluding carboxylic acids is 1. The molecule has 6 nitrogen and oxygen atoms in total. The first-order chi connectivity index (χ1) is 8.74. The topological polar surface area (TPSA) is 65.4 Å². The first-order valence-corrected chi connectivity index (χ1v) is 6.07. The fourth-order valence-corrected chi connectivity index (χ4v) is 2.18. The van der Waals surface area contributed by atoms with Gasteiger partial charge in [0.05, 0.1) is 12.9 Å². The number of nitrogens with one attached hydrogen (secondary N) is 1. The monoisotopic (exact) mass is 253 g/mol. The molecule has 0 fully saturated rings. The zero-order valence-corrected chi connectivity index (χ0v) is 10.8. The lowest BCUT2D eigenvalue weighted by molar-refractivity contribution is -0.131. The smallest absolute Gasteiger partial charge is 0.223 e. The van der Waals surface area contributed by atoms with E-state index >= 15 is 0 Å². The second-order valence-electron chi connectivity index (χ2n) is 4.41. The summed E-state index contributed by atoms with van der Waals surface area (Å²) in [6, 6.07) is 0. The Balaban J connectivity index is 1.84. The molecule has 1 atom stereocenters. The van der Waals surface area contributed by atoms with E-state index in [-0.39, 0.29) is 18.1 Å². The van der Waals surface area contributed by atoms with Crippen LogP contribution in [0.25, 0.3) is 0 Å². The van der Waals surface area contributed by atoms with Crippen molar-refractivity contribution >= 4 is 5.91 Å². The van der Waals surface area contributed by atoms with Gasteiger partial charge in [0.15, 0.2) is 6.29 Å². The highest BCUT2D eigenvalue weighted by Crippen LogP contribution is 2.19. The van der Waals surface area contributed by atoms with Gasteiger partial charge in [-0.3, -0.25) is 4.79 Å². The van der Waals surface area contributed by atoms with Crippen LogP contribution < -0.4 is 5.32 Å². The number of hydrogen-bond acceptors (Lipinski definition) is 4. The van der Waals surface area contributed by atoms with Crippen LogP contribution in [0.5, 0.6) is 0 Å². The quantitative estimate of drug-likeness (QED) is 0.760. The average Bonchev–Trinajstić information content (AvgIpc) is 2.86. The molecule has 0 saturated heterocycles. The lowest BCUT2D eigenvalue weighted by atomic mass is 9.95. The third-order valence-electron chi connectivity index (χ3n) is 3.31. The predicted octanol–water partition coefficient (Wildman–Crippen LogP) is 0.181. The van der Waals surface area contributed by atoms with Gasteiger partial charge in [-0.2, -0.15) is 0 Å². The standard InChI is InChI=1S/C12H19N3O3/c1-17-11(18-2)7-14-12(16)9-3-4-15-8-13-6-10(15)5-9/h6,8-9,11H,3-5,7H2,1-2H3,(H,14,16). The van der Waals surface area contributed by atoms with Crippen LogP contribution in [0.4, 0.5) is 0 Å². The molecule has 0 radical (unpaired) electrons. The average molecular weight is 253 g/mol. The van der Waals surface area contributed by atoms with E-state index in [2.05, 4.69) is 14.9 Å². The number of amides is 1. The van der Waals surface area contributed by atoms with E-state index in [9.17, 15) is 4.79 Å². The van der Waals surface area contributed by atoms with Gasteiger partial charge >= 0.3 is 0 Å². The van der Waals surface area contributed by atoms with Gasteiger partial charge in [-0.1, -0.05) is 0 Å². The van der Waals surface area contributed by atoms with Crippen LogP contribution >= 0.6 is 0 Å². The van der Waals surface area contributed by atoms with Crippen molar-refractivity contribution in [1.82, 2.24) is 14.9 Å². The highest BCUT2D eigenvalue weighted by atomic mass is 16.7. The van der Waals surface area contributed by atoms with E-state index in [1.54, 1.807) is 14.2 Å². The summed E-state index contributed by atoms with van der Waals surface area (Å²) in [7, 11) is 3.11. The maximum absolute atomic E-state index is 12.0. The molecule has 18 heavy (non-hydrogen) atoms. The minimum atomic E-state index is -0.386. The molecule has 0 spiro atoms. The van der Waals surface area contributed by atoms with E-state index in [1.165, 1.54) is 0 Å². The Kier molecular flexibility index (Phi) is 4.33. The van der Waals surface area contributed by atoms with Crippen LogP contribution in [0.3, 0.4) is 0 Å². The lowest BCUT2D eigenvalue weighted by Gasteiger charge is -2.23. The van der Waals surface area contributed by atoms with Crippen LogP contribution in [0.15, 0.2) is 12.5 Å². The van der Waals surface area contributed by atoms with Crippen molar-refractivity contribution in [3.05, 3.63) is 18.2 Å². The zero-order valence-electron chi connectivity index (χ0n) is 10.8. The Labute approximate surface area is 106 Å². The molecule has 1 aromatic rings. The largest absolute Gasteiger partial charge is 0.354 e. The second kappa shape index (κ2) is 5.97. The zero-order chi connectivity index (χ0) is 13.0. The summed E-state index contributed by atoms with van der Waals surface area (Å²) < 4.78 is 12.2. The molecule has 0 bridgehead atoms. The molecule has 1 amide bonds. The van der Waals surface area contributed by atoms with E-state index < -0.39 is 0 Å². The van der Waals surface area contributed by atoms with Gasteiger partial charge in [0.2, 0.25) is 5.91 Å². The molecule has 0 saturated carbocycles. The van der Waals surface area contributed by atoms with Crippen molar-refractivity contribution in [2.24, 2.45) is 5.92 Å². The number of rotatable bonds is 5. The SMILES string of the molecule is COC(CNC(=O)C1CCn2cncc2C1)OC. The van der Waals surface area contributed by atoms with Gasteiger partial charge in [-0.05, 0) is 6.42 Å². The van der Waals surface area contributed by atoms with Crippen molar-refractivity contribution in [2.75, 3.05) is 20.8 Å². The van der Waals surface area contributed by atoms with Gasteiger partial charge in [-0.25, -0.2) is 4.98 Å². The molecule has 2 rings (SSSR count). The fraction of sp³-hybridized carbons (Fsp3) is 0.667. The number of ether oxygens (including phenoxy) is 2. The summed E-state index contributed by atoms with van der Waals surface area (Å²) in [6.07, 6.45) is 4.85. The summed E-state index contributed by atoms with van der Waals surface area (Å²) in [5, 5.41) is 2.86. The Morgan fingerprint density at radius 3 is 3.11 bits per heavy atom. The van der Waals surface area contributed by atoms with Gasteiger partial charge in [0.1, 0.15) is 0 Å². The third-order valence-corrected chi connectivity index (χ3v) is 3.31. The maximum Gasteiger partial charge on any atom is 0.223 e. The van der Waals surface area contributed by atoms with Crippen LogP contribution in [-0.4, -0.2) is 42.5 Å². The fourth-order valence-electron chi connectivity index (χ4n) is 2.18. The van der Waals surface area contributed by atoms with Crippen molar-refractivity contribution in [3.63, 3.8) is 0 Å². The van der Waals surface area contributed by atoms with Crippen LogP contribution in [0.2, 0.25) is 0 Å². The summed E-state index contributed by atoms with van der Waals surface area (Å²) in [5.74, 6) is 0.0742. The highest BCUT2D eigenvalue weighted by molar-refractivity contribution is 5.79. The number of aromatic nitrogens is 2. The minimum absolute atomic E-state index is 0.0172. The molecule has 1 unspecified atom stereocenters. The minimum Gasteiger partial charge on any atom is -0.354 e. The maximum atomic E-state index is 12.0. The number of nitrogens with zero attached hydrogens (tertiary/aromatic N) is 2. The molecule has 1 aliphatic heterocycles. The van der Waals surface area contributed by atoms with E-state index in [0.29, 0.717) is 6.54 Å². The molecule has 0 aromatic carbocycles. The van der Waals surface area contributed by atoms with Crippen LogP contribution in [0.1, 0.15) is 12.1 Å². The molecular weight excluding hydrogens is 234 g/mol. The summed E-state index contributed by atoms with van der Waals surface area (Å²) >= 11 is 0. The predicted molar refractivity (Wildman–Crippen MR) is 64.9 cm³/mol. The molecule has 100 valence electrons. The number of hydrogen-bond donors (Lipinski definition) is 1. The van der Waals surface area contributed by atoms with E-state index in [1.807, 2.05) is 12.5 Å². The first kappa shape index (κ1) is 13.0. The van der Waals surface area contributed by atoms with Crippen molar-refractivity contribution < 1.29 is 14.3 Å². The van der Waals surface area contributed by atoms with Crippen LogP contribution in [0, 0.1) is 5.92 Å². The molecule has 0 aliphatic carbocycles. The van der Waals surface area contributed by atoms with Gasteiger partial charge in [0, 0.05) is 45.0 Å². The number of imidazole rings is 1. The molecule has 1 N–H and O–H groups in total. The third kappa shape index (κ3) is 2.88. The number of fused-ring (bicyclic) bond motifs is 1. The Morgan fingerprint density at radius 2 is 2.39 bits per heavy atom. The van der Waals surface area contributed by atoms with Crippen LogP contribution in [-0.2, 0) is 27.2 Å². The molecular formula is C12H19N3O3. The molecule has 6 heteroatoms. The van der Waals surface area contributed by atoms with Gasteiger partial charge in [0.25, 0.3) is 0 Å². The summed E-state index contributed by atoms with van der Waals surface area (Å²) in [5.41, 5.74) is 1.12. The lowest BCUT2D eigenvalue weighted by Crippen LogP contribution is -2.40. The molecule has 2 heterocycles. The second-order valence-corrected chi connectivity index (χ2v) is 4.41. The number of aryl methyl sites for hydroxylation is 1. The van der Waals surface area contributed by atoms with Gasteiger partial charge in [-0.15, -0.1) is 0 Å². The molecule has 1 aliphatic rings. The van der Waals surface area contributed by atoms with Gasteiger partial charge < -0.3 is 19.4 Å². The summed E-state index contributed by atoms with van der Waals surface area (Å²) in [6.45, 7) is 1.23. The van der Waals surface area contributed by atoms with Crippen molar-refractivity contribution in [1.29, 1.82) is 0 Å². The normalized spacial score (nSPS) is 18.7. The van der Waals surface area contributed by atoms with E-state index in [0.717, 1.165) is 25.1 Å². The number of methoxy groups -OCH3 is 2. The summed E-state index contributed by atoms with van der Waals surface area (Å²) in [4.78, 5) is 16.1. The van der Waals surface area contributed by atoms with E-state index in [4.69, 9.17) is 9.47 Å². The Morgan fingerprint density at radius 1 is 1.61 bits per heavy atom. The van der Waals surface area contributed by atoms with Crippen molar-refractivity contribution in [3.8, 4) is 0 Å². The van der Waals surface area contributed by atoms with Crippen molar-refractivity contribution in [2.45, 2.75) is 25.7 Å². The highest BCUT2D eigenvalue weighted by Gasteiger charge is 2.25.